The maximum absolute atomic E-state index is 12.8. The molecule has 0 unspecified atom stereocenters. The van der Waals surface area contributed by atoms with Crippen molar-refractivity contribution in [2.45, 2.75) is 12.1 Å². The first-order valence-corrected chi connectivity index (χ1v) is 6.10. The van der Waals surface area contributed by atoms with Crippen molar-refractivity contribution in [3.63, 3.8) is 0 Å². The summed E-state index contributed by atoms with van der Waals surface area (Å²) >= 11 is 5.70. The van der Waals surface area contributed by atoms with Gasteiger partial charge in [0.25, 0.3) is 0 Å². The van der Waals surface area contributed by atoms with Crippen molar-refractivity contribution in [1.29, 1.82) is 0 Å². The second-order valence-electron chi connectivity index (χ2n) is 3.21. The van der Waals surface area contributed by atoms with Crippen LogP contribution in [0, 0.1) is 5.82 Å². The van der Waals surface area contributed by atoms with E-state index in [0.717, 1.165) is 0 Å². The van der Waals surface area contributed by atoms with Crippen LogP contribution in [-0.2, 0) is 6.54 Å². The molecule has 0 aromatic heterocycles. The molecule has 0 aliphatic heterocycles. The van der Waals surface area contributed by atoms with E-state index in [4.69, 9.17) is 11.6 Å². The van der Waals surface area contributed by atoms with Gasteiger partial charge in [-0.05, 0) is 35.5 Å². The topological polar surface area (TPSA) is 12.0 Å². The maximum Gasteiger partial charge on any atom is 0.441 e. The minimum atomic E-state index is -4.21. The van der Waals surface area contributed by atoms with E-state index >= 15 is 0 Å². The Hall–Kier alpha value is -0.460. The van der Waals surface area contributed by atoms with Gasteiger partial charge >= 0.3 is 5.51 Å². The third kappa shape index (κ3) is 6.14. The molecule has 0 saturated heterocycles. The molecule has 0 atom stereocenters. The summed E-state index contributed by atoms with van der Waals surface area (Å²) in [5.74, 6) is -0.507. The molecule has 1 N–H and O–H groups in total. The summed E-state index contributed by atoms with van der Waals surface area (Å²) in [4.78, 5) is 0. The number of benzene rings is 1. The lowest BCUT2D eigenvalue weighted by Crippen LogP contribution is -2.18. The third-order valence-corrected chi connectivity index (χ3v) is 2.97. The molecule has 7 heteroatoms. The summed E-state index contributed by atoms with van der Waals surface area (Å²) in [5.41, 5.74) is -3.68. The van der Waals surface area contributed by atoms with Gasteiger partial charge in [-0.1, -0.05) is 11.6 Å². The molecule has 0 saturated carbocycles. The smallest absolute Gasteiger partial charge is 0.312 e. The fourth-order valence-corrected chi connectivity index (χ4v) is 1.80. The molecule has 0 heterocycles. The monoisotopic (exact) mass is 287 g/mol. The van der Waals surface area contributed by atoms with E-state index in [2.05, 4.69) is 5.32 Å². The van der Waals surface area contributed by atoms with Gasteiger partial charge < -0.3 is 5.32 Å². The Morgan fingerprint density at radius 2 is 2.00 bits per heavy atom. The summed E-state index contributed by atoms with van der Waals surface area (Å²) < 4.78 is 48.2. The van der Waals surface area contributed by atoms with Crippen LogP contribution in [0.1, 0.15) is 5.56 Å². The summed E-state index contributed by atoms with van der Waals surface area (Å²) in [5, 5.41) is 3.16. The number of hydrogen-bond donors (Lipinski definition) is 1. The molecule has 0 fully saturated rings. The molecular formula is C10H10ClF4NS. The number of halogens is 5. The molecule has 0 amide bonds. The Morgan fingerprint density at radius 1 is 1.29 bits per heavy atom. The Bertz CT molecular complexity index is 370. The first-order chi connectivity index (χ1) is 7.88. The standard InChI is InChI=1S/C10H10ClF4NS/c11-9-2-1-8(12)5-7(9)6-16-3-4-17-10(13,14)15/h1-2,5,16H,3-4,6H2. The molecule has 17 heavy (non-hydrogen) atoms. The van der Waals surface area contributed by atoms with Gasteiger partial charge in [-0.15, -0.1) is 0 Å². The van der Waals surface area contributed by atoms with Crippen molar-refractivity contribution in [1.82, 2.24) is 5.32 Å². The van der Waals surface area contributed by atoms with Gasteiger partial charge in [-0.2, -0.15) is 13.2 Å². The van der Waals surface area contributed by atoms with Crippen LogP contribution in [0.2, 0.25) is 5.02 Å². The van der Waals surface area contributed by atoms with Crippen molar-refractivity contribution in [2.24, 2.45) is 0 Å². The fourth-order valence-electron chi connectivity index (χ4n) is 1.14. The van der Waals surface area contributed by atoms with Crippen LogP contribution in [0.3, 0.4) is 0 Å². The Balaban J connectivity index is 2.29. The van der Waals surface area contributed by atoms with E-state index in [1.165, 1.54) is 18.2 Å². The number of hydrogen-bond acceptors (Lipinski definition) is 2. The van der Waals surface area contributed by atoms with E-state index in [1.54, 1.807) is 0 Å². The SMILES string of the molecule is Fc1ccc(Cl)c(CNCCSC(F)(F)F)c1. The molecule has 0 radical (unpaired) electrons. The van der Waals surface area contributed by atoms with Crippen molar-refractivity contribution < 1.29 is 17.6 Å². The van der Waals surface area contributed by atoms with Gasteiger partial charge in [0, 0.05) is 23.9 Å². The first kappa shape index (κ1) is 14.6. The highest BCUT2D eigenvalue weighted by Crippen LogP contribution is 2.29. The maximum atomic E-state index is 12.8. The van der Waals surface area contributed by atoms with E-state index in [1.807, 2.05) is 0 Å². The second kappa shape index (κ2) is 6.47. The zero-order chi connectivity index (χ0) is 12.9. The number of alkyl halides is 3. The summed E-state index contributed by atoms with van der Waals surface area (Å²) in [6.45, 7) is 0.423. The highest BCUT2D eigenvalue weighted by atomic mass is 35.5. The van der Waals surface area contributed by atoms with Crippen LogP contribution < -0.4 is 5.32 Å². The molecular weight excluding hydrogens is 278 g/mol. The predicted octanol–water partition coefficient (Wildman–Crippen LogP) is 3.82. The van der Waals surface area contributed by atoms with Gasteiger partial charge in [0.1, 0.15) is 5.82 Å². The largest absolute Gasteiger partial charge is 0.441 e. The normalized spacial score (nSPS) is 11.8. The molecule has 1 aromatic carbocycles. The van der Waals surface area contributed by atoms with E-state index in [0.29, 0.717) is 10.6 Å². The third-order valence-electron chi connectivity index (χ3n) is 1.87. The zero-order valence-corrected chi connectivity index (χ0v) is 10.2. The molecule has 96 valence electrons. The molecule has 0 aliphatic rings. The average molecular weight is 288 g/mol. The summed E-state index contributed by atoms with van der Waals surface area (Å²) in [6, 6.07) is 3.90. The van der Waals surface area contributed by atoms with Crippen LogP contribution in [-0.4, -0.2) is 17.8 Å². The van der Waals surface area contributed by atoms with Gasteiger partial charge in [0.05, 0.1) is 0 Å². The van der Waals surface area contributed by atoms with E-state index < -0.39 is 11.3 Å². The van der Waals surface area contributed by atoms with Crippen molar-refractivity contribution >= 4 is 23.4 Å². The molecule has 0 bridgehead atoms. The molecule has 0 aliphatic carbocycles. The van der Waals surface area contributed by atoms with Gasteiger partial charge in [0.15, 0.2) is 0 Å². The van der Waals surface area contributed by atoms with Gasteiger partial charge in [-0.25, -0.2) is 4.39 Å². The van der Waals surface area contributed by atoms with Crippen LogP contribution in [0.5, 0.6) is 0 Å². The average Bonchev–Trinajstić information content (AvgIpc) is 2.21. The lowest BCUT2D eigenvalue weighted by atomic mass is 10.2. The van der Waals surface area contributed by atoms with Crippen molar-refractivity contribution in [3.05, 3.63) is 34.6 Å². The number of nitrogens with one attached hydrogen (secondary N) is 1. The van der Waals surface area contributed by atoms with E-state index in [9.17, 15) is 17.6 Å². The quantitative estimate of drug-likeness (QED) is 0.653. The van der Waals surface area contributed by atoms with Crippen LogP contribution >= 0.6 is 23.4 Å². The molecule has 1 aromatic rings. The van der Waals surface area contributed by atoms with Gasteiger partial charge in [0.2, 0.25) is 0 Å². The van der Waals surface area contributed by atoms with Gasteiger partial charge in [-0.3, -0.25) is 0 Å². The van der Waals surface area contributed by atoms with Crippen LogP contribution in [0.15, 0.2) is 18.2 Å². The fraction of sp³-hybridized carbons (Fsp3) is 0.400. The molecule has 1 rings (SSSR count). The Morgan fingerprint density at radius 3 is 2.65 bits per heavy atom. The number of thioether (sulfide) groups is 1. The van der Waals surface area contributed by atoms with E-state index in [-0.39, 0.29) is 30.6 Å². The first-order valence-electron chi connectivity index (χ1n) is 4.74. The Labute approximate surface area is 106 Å². The zero-order valence-electron chi connectivity index (χ0n) is 8.65. The number of rotatable bonds is 5. The summed E-state index contributed by atoms with van der Waals surface area (Å²) in [7, 11) is 0. The highest BCUT2D eigenvalue weighted by molar-refractivity contribution is 8.00. The van der Waals surface area contributed by atoms with Crippen molar-refractivity contribution in [3.8, 4) is 0 Å². The lowest BCUT2D eigenvalue weighted by Gasteiger charge is -2.08. The Kier molecular flexibility index (Phi) is 5.55. The lowest BCUT2D eigenvalue weighted by molar-refractivity contribution is -0.0327. The second-order valence-corrected chi connectivity index (χ2v) is 4.77. The van der Waals surface area contributed by atoms with Crippen molar-refractivity contribution in [2.75, 3.05) is 12.3 Å². The molecule has 0 spiro atoms. The van der Waals surface area contributed by atoms with Crippen LogP contribution in [0.25, 0.3) is 0 Å². The minimum Gasteiger partial charge on any atom is -0.312 e. The minimum absolute atomic E-state index is 0.0869. The summed E-state index contributed by atoms with van der Waals surface area (Å²) in [6.07, 6.45) is 0. The predicted molar refractivity (Wildman–Crippen MR) is 61.6 cm³/mol. The van der Waals surface area contributed by atoms with Crippen LogP contribution in [0.4, 0.5) is 17.6 Å². The molecule has 1 nitrogen and oxygen atoms in total. The highest BCUT2D eigenvalue weighted by Gasteiger charge is 2.27.